The number of rotatable bonds is 4. The molecule has 0 aromatic heterocycles. The van der Waals surface area contributed by atoms with Crippen LogP contribution in [0.1, 0.15) is 29.7 Å². The molecule has 0 saturated carbocycles. The highest BCUT2D eigenvalue weighted by Crippen LogP contribution is 2.33. The fourth-order valence-electron chi connectivity index (χ4n) is 2.46. The molecule has 2 aromatic carbocycles. The number of fused-ring (bicyclic) bond motifs is 1. The molecule has 110 valence electrons. The topological polar surface area (TPSA) is 38.7 Å². The van der Waals surface area contributed by atoms with Crippen molar-refractivity contribution in [1.29, 1.82) is 0 Å². The molecule has 3 nitrogen and oxygen atoms in total. The first-order valence-corrected chi connectivity index (χ1v) is 7.77. The van der Waals surface area contributed by atoms with E-state index in [4.69, 9.17) is 9.47 Å². The van der Waals surface area contributed by atoms with E-state index in [1.54, 1.807) is 6.92 Å². The minimum atomic E-state index is -0.458. The van der Waals surface area contributed by atoms with Gasteiger partial charge in [-0.2, -0.15) is 0 Å². The Kier molecular flexibility index (Phi) is 4.17. The van der Waals surface area contributed by atoms with Crippen molar-refractivity contribution >= 4 is 15.9 Å². The fourth-order valence-corrected chi connectivity index (χ4v) is 3.01. The second-order valence-electron chi connectivity index (χ2n) is 5.19. The van der Waals surface area contributed by atoms with Crippen LogP contribution in [0.25, 0.3) is 0 Å². The predicted molar refractivity (Wildman–Crippen MR) is 84.7 cm³/mol. The lowest BCUT2D eigenvalue weighted by molar-refractivity contribution is 0.199. The van der Waals surface area contributed by atoms with Crippen molar-refractivity contribution < 1.29 is 14.6 Å². The molecule has 0 amide bonds. The van der Waals surface area contributed by atoms with Gasteiger partial charge in [-0.05, 0) is 42.3 Å². The SMILES string of the molecule is C[C@H](O)c1ccc(OCc2cc(Br)cc3c2OCC3)cc1. The van der Waals surface area contributed by atoms with E-state index in [0.29, 0.717) is 6.61 Å². The molecule has 2 aromatic rings. The standard InChI is InChI=1S/C17H17BrO3/c1-11(19)12-2-4-16(5-3-12)21-10-14-9-15(18)8-13-6-7-20-17(13)14/h2-5,8-9,11,19H,6-7,10H2,1H3/t11-/m0/s1. The Morgan fingerprint density at radius 3 is 2.76 bits per heavy atom. The first kappa shape index (κ1) is 14.4. The van der Waals surface area contributed by atoms with Crippen molar-refractivity contribution in [3.8, 4) is 11.5 Å². The fraction of sp³-hybridized carbons (Fsp3) is 0.294. The summed E-state index contributed by atoms with van der Waals surface area (Å²) < 4.78 is 12.6. The third-order valence-electron chi connectivity index (χ3n) is 3.58. The van der Waals surface area contributed by atoms with E-state index in [0.717, 1.165) is 40.1 Å². The molecule has 1 atom stereocenters. The van der Waals surface area contributed by atoms with Gasteiger partial charge in [-0.15, -0.1) is 0 Å². The smallest absolute Gasteiger partial charge is 0.129 e. The summed E-state index contributed by atoms with van der Waals surface area (Å²) in [4.78, 5) is 0. The minimum Gasteiger partial charge on any atom is -0.493 e. The van der Waals surface area contributed by atoms with E-state index in [2.05, 4.69) is 22.0 Å². The van der Waals surface area contributed by atoms with Crippen molar-refractivity contribution in [1.82, 2.24) is 0 Å². The highest BCUT2D eigenvalue weighted by molar-refractivity contribution is 9.10. The van der Waals surface area contributed by atoms with Gasteiger partial charge in [0.15, 0.2) is 0 Å². The van der Waals surface area contributed by atoms with Crippen molar-refractivity contribution in [3.05, 3.63) is 57.6 Å². The molecular formula is C17H17BrO3. The van der Waals surface area contributed by atoms with Crippen LogP contribution in [0, 0.1) is 0 Å². The molecule has 0 fully saturated rings. The van der Waals surface area contributed by atoms with Gasteiger partial charge in [-0.3, -0.25) is 0 Å². The van der Waals surface area contributed by atoms with E-state index in [-0.39, 0.29) is 0 Å². The van der Waals surface area contributed by atoms with Crippen LogP contribution in [0.5, 0.6) is 11.5 Å². The van der Waals surface area contributed by atoms with E-state index in [9.17, 15) is 5.11 Å². The largest absolute Gasteiger partial charge is 0.493 e. The molecule has 3 rings (SSSR count). The van der Waals surface area contributed by atoms with Crippen molar-refractivity contribution in [2.45, 2.75) is 26.1 Å². The monoisotopic (exact) mass is 348 g/mol. The summed E-state index contributed by atoms with van der Waals surface area (Å²) in [5.74, 6) is 1.74. The zero-order valence-corrected chi connectivity index (χ0v) is 13.4. The summed E-state index contributed by atoms with van der Waals surface area (Å²) in [6.07, 6.45) is 0.492. The zero-order valence-electron chi connectivity index (χ0n) is 11.8. The summed E-state index contributed by atoms with van der Waals surface area (Å²) in [6.45, 7) is 2.95. The lowest BCUT2D eigenvalue weighted by Gasteiger charge is -2.12. The Morgan fingerprint density at radius 1 is 1.29 bits per heavy atom. The lowest BCUT2D eigenvalue weighted by Crippen LogP contribution is -1.99. The van der Waals surface area contributed by atoms with Crippen LogP contribution in [0.4, 0.5) is 0 Å². The number of halogens is 1. The second-order valence-corrected chi connectivity index (χ2v) is 6.10. The molecule has 0 radical (unpaired) electrons. The number of benzene rings is 2. The Bertz CT molecular complexity index is 635. The summed E-state index contributed by atoms with van der Waals surface area (Å²) in [7, 11) is 0. The van der Waals surface area contributed by atoms with E-state index < -0.39 is 6.10 Å². The zero-order chi connectivity index (χ0) is 14.8. The normalized spacial score (nSPS) is 14.4. The summed E-state index contributed by atoms with van der Waals surface area (Å²) >= 11 is 3.53. The van der Waals surface area contributed by atoms with Crippen LogP contribution in [0.3, 0.4) is 0 Å². The summed E-state index contributed by atoms with van der Waals surface area (Å²) in [5.41, 5.74) is 3.16. The van der Waals surface area contributed by atoms with Crippen LogP contribution in [0.15, 0.2) is 40.9 Å². The Labute approximate surface area is 132 Å². The van der Waals surface area contributed by atoms with Crippen LogP contribution >= 0.6 is 15.9 Å². The van der Waals surface area contributed by atoms with Crippen molar-refractivity contribution in [3.63, 3.8) is 0 Å². The molecule has 1 aliphatic rings. The Hall–Kier alpha value is -1.52. The third-order valence-corrected chi connectivity index (χ3v) is 4.04. The lowest BCUT2D eigenvalue weighted by atomic mass is 10.1. The van der Waals surface area contributed by atoms with Gasteiger partial charge in [0.1, 0.15) is 18.1 Å². The molecule has 1 aliphatic heterocycles. The average Bonchev–Trinajstić information content (AvgIpc) is 2.93. The number of hydrogen-bond donors (Lipinski definition) is 1. The Balaban J connectivity index is 1.73. The number of ether oxygens (including phenoxy) is 2. The van der Waals surface area contributed by atoms with Gasteiger partial charge < -0.3 is 14.6 Å². The minimum absolute atomic E-state index is 0.458. The van der Waals surface area contributed by atoms with Crippen molar-refractivity contribution in [2.24, 2.45) is 0 Å². The molecule has 4 heteroatoms. The van der Waals surface area contributed by atoms with Gasteiger partial charge in [0.05, 0.1) is 12.7 Å². The predicted octanol–water partition coefficient (Wildman–Crippen LogP) is 4.02. The number of aliphatic hydroxyl groups is 1. The highest BCUT2D eigenvalue weighted by Gasteiger charge is 2.17. The van der Waals surface area contributed by atoms with E-state index in [1.807, 2.05) is 30.3 Å². The third kappa shape index (κ3) is 3.22. The molecular weight excluding hydrogens is 332 g/mol. The molecule has 0 saturated heterocycles. The Morgan fingerprint density at radius 2 is 2.05 bits per heavy atom. The molecule has 0 bridgehead atoms. The van der Waals surface area contributed by atoms with Crippen LogP contribution < -0.4 is 9.47 Å². The first-order valence-electron chi connectivity index (χ1n) is 6.98. The second kappa shape index (κ2) is 6.08. The van der Waals surface area contributed by atoms with Crippen molar-refractivity contribution in [2.75, 3.05) is 6.61 Å². The maximum absolute atomic E-state index is 9.50. The summed E-state index contributed by atoms with van der Waals surface area (Å²) in [5, 5.41) is 9.50. The van der Waals surface area contributed by atoms with Crippen LogP contribution in [-0.2, 0) is 13.0 Å². The van der Waals surface area contributed by atoms with Gasteiger partial charge >= 0.3 is 0 Å². The average molecular weight is 349 g/mol. The molecule has 21 heavy (non-hydrogen) atoms. The van der Waals surface area contributed by atoms with Crippen LogP contribution in [-0.4, -0.2) is 11.7 Å². The van der Waals surface area contributed by atoms with Crippen LogP contribution in [0.2, 0.25) is 0 Å². The maximum Gasteiger partial charge on any atom is 0.129 e. The molecule has 1 heterocycles. The van der Waals surface area contributed by atoms with Gasteiger partial charge in [0.25, 0.3) is 0 Å². The van der Waals surface area contributed by atoms with Gasteiger partial charge in [-0.25, -0.2) is 0 Å². The number of aliphatic hydroxyl groups excluding tert-OH is 1. The molecule has 0 aliphatic carbocycles. The van der Waals surface area contributed by atoms with E-state index in [1.165, 1.54) is 5.56 Å². The molecule has 0 spiro atoms. The first-order chi connectivity index (χ1) is 10.1. The summed E-state index contributed by atoms with van der Waals surface area (Å²) in [6, 6.07) is 11.6. The van der Waals surface area contributed by atoms with Gasteiger partial charge in [-0.1, -0.05) is 28.1 Å². The highest BCUT2D eigenvalue weighted by atomic mass is 79.9. The number of hydrogen-bond acceptors (Lipinski definition) is 3. The molecule has 1 N–H and O–H groups in total. The maximum atomic E-state index is 9.50. The molecule has 0 unspecified atom stereocenters. The van der Waals surface area contributed by atoms with Gasteiger partial charge in [0.2, 0.25) is 0 Å². The van der Waals surface area contributed by atoms with E-state index >= 15 is 0 Å². The quantitative estimate of drug-likeness (QED) is 0.906. The van der Waals surface area contributed by atoms with Gasteiger partial charge in [0, 0.05) is 16.5 Å².